The van der Waals surface area contributed by atoms with Gasteiger partial charge < -0.3 is 19.3 Å². The van der Waals surface area contributed by atoms with E-state index in [1.807, 2.05) is 26.8 Å². The molecule has 1 aromatic rings. The molecule has 0 saturated carbocycles. The number of likely N-dealkylation sites (N-methyl/N-ethyl adjacent to an activating group) is 1. The van der Waals surface area contributed by atoms with E-state index in [4.69, 9.17) is 9.47 Å². The van der Waals surface area contributed by atoms with Crippen molar-refractivity contribution in [2.45, 2.75) is 32.5 Å². The van der Waals surface area contributed by atoms with Crippen molar-refractivity contribution in [1.29, 1.82) is 0 Å². The number of hydrogen-bond donors (Lipinski definition) is 0. The molecule has 128 valence electrons. The Morgan fingerprint density at radius 1 is 1.52 bits per heavy atom. The number of aromatic nitrogens is 2. The highest BCUT2D eigenvalue weighted by Gasteiger charge is 2.34. The van der Waals surface area contributed by atoms with Crippen LogP contribution in [0.25, 0.3) is 0 Å². The second kappa shape index (κ2) is 7.23. The highest BCUT2D eigenvalue weighted by Crippen LogP contribution is 2.24. The number of amides is 1. The number of carbonyl (C=O) groups is 1. The van der Waals surface area contributed by atoms with Crippen LogP contribution in [0.3, 0.4) is 0 Å². The van der Waals surface area contributed by atoms with E-state index < -0.39 is 0 Å². The molecule has 1 atom stereocenters. The van der Waals surface area contributed by atoms with Gasteiger partial charge in [0.15, 0.2) is 0 Å². The zero-order valence-electron chi connectivity index (χ0n) is 14.6. The van der Waals surface area contributed by atoms with Gasteiger partial charge in [0.1, 0.15) is 6.61 Å². The van der Waals surface area contributed by atoms with Crippen molar-refractivity contribution in [3.8, 4) is 0 Å². The van der Waals surface area contributed by atoms with Crippen molar-refractivity contribution >= 4 is 11.9 Å². The van der Waals surface area contributed by atoms with Crippen LogP contribution >= 0.6 is 0 Å². The number of nitrogens with zero attached hydrogens (tertiary/aromatic N) is 4. The molecular weight excluding hydrogens is 296 g/mol. The first-order valence-corrected chi connectivity index (χ1v) is 7.77. The van der Waals surface area contributed by atoms with Crippen LogP contribution in [0.1, 0.15) is 19.5 Å². The maximum atomic E-state index is 11.6. The summed E-state index contributed by atoms with van der Waals surface area (Å²) in [5, 5.41) is 0. The normalized spacial score (nSPS) is 20.4. The molecule has 0 bridgehead atoms. The molecule has 1 unspecified atom stereocenters. The monoisotopic (exact) mass is 322 g/mol. The van der Waals surface area contributed by atoms with Crippen molar-refractivity contribution in [1.82, 2.24) is 14.9 Å². The quantitative estimate of drug-likeness (QED) is 0.801. The van der Waals surface area contributed by atoms with Crippen molar-refractivity contribution < 1.29 is 14.3 Å². The number of morpholine rings is 1. The van der Waals surface area contributed by atoms with Crippen LogP contribution in [0.2, 0.25) is 0 Å². The van der Waals surface area contributed by atoms with E-state index in [0.717, 1.165) is 5.69 Å². The molecule has 0 aliphatic carbocycles. The third kappa shape index (κ3) is 5.14. The predicted molar refractivity (Wildman–Crippen MR) is 87.4 cm³/mol. The Morgan fingerprint density at radius 2 is 2.26 bits per heavy atom. The van der Waals surface area contributed by atoms with Gasteiger partial charge in [0, 0.05) is 39.1 Å². The van der Waals surface area contributed by atoms with Gasteiger partial charge in [-0.3, -0.25) is 4.79 Å². The van der Waals surface area contributed by atoms with Crippen LogP contribution in [-0.2, 0) is 14.3 Å². The molecule has 7 heteroatoms. The summed E-state index contributed by atoms with van der Waals surface area (Å²) in [6.45, 7) is 7.80. The molecule has 7 nitrogen and oxygen atoms in total. The van der Waals surface area contributed by atoms with Gasteiger partial charge in [0.05, 0.1) is 18.3 Å². The zero-order valence-corrected chi connectivity index (χ0v) is 14.6. The van der Waals surface area contributed by atoms with Gasteiger partial charge in [-0.05, 0) is 26.8 Å². The first-order chi connectivity index (χ1) is 10.8. The van der Waals surface area contributed by atoms with Crippen molar-refractivity contribution in [2.75, 3.05) is 45.3 Å². The maximum absolute atomic E-state index is 11.6. The lowest BCUT2D eigenvalue weighted by Gasteiger charge is -2.42. The third-order valence-corrected chi connectivity index (χ3v) is 3.57. The SMILES string of the molecule is Cc1ccnc(N2CC(COCC(=O)N(C)C)OC(C)(C)C2)n1. The molecule has 1 saturated heterocycles. The van der Waals surface area contributed by atoms with Gasteiger partial charge in [-0.15, -0.1) is 0 Å². The summed E-state index contributed by atoms with van der Waals surface area (Å²) in [6, 6.07) is 1.88. The number of aryl methyl sites for hydroxylation is 1. The Morgan fingerprint density at radius 3 is 2.91 bits per heavy atom. The summed E-state index contributed by atoms with van der Waals surface area (Å²) in [5.74, 6) is 0.648. The van der Waals surface area contributed by atoms with Gasteiger partial charge in [0.2, 0.25) is 11.9 Å². The summed E-state index contributed by atoms with van der Waals surface area (Å²) in [5.41, 5.74) is 0.606. The van der Waals surface area contributed by atoms with Crippen molar-refractivity contribution in [3.63, 3.8) is 0 Å². The summed E-state index contributed by atoms with van der Waals surface area (Å²) in [7, 11) is 3.42. The van der Waals surface area contributed by atoms with Crippen molar-refractivity contribution in [3.05, 3.63) is 18.0 Å². The fraction of sp³-hybridized carbons (Fsp3) is 0.688. The van der Waals surface area contributed by atoms with E-state index in [-0.39, 0.29) is 24.2 Å². The maximum Gasteiger partial charge on any atom is 0.248 e. The Bertz CT molecular complexity index is 548. The van der Waals surface area contributed by atoms with Crippen LogP contribution in [0.5, 0.6) is 0 Å². The van der Waals surface area contributed by atoms with Gasteiger partial charge in [0.25, 0.3) is 0 Å². The Labute approximate surface area is 137 Å². The lowest BCUT2D eigenvalue weighted by atomic mass is 10.1. The molecule has 0 N–H and O–H groups in total. The summed E-state index contributed by atoms with van der Waals surface area (Å²) in [6.07, 6.45) is 1.64. The predicted octanol–water partition coefficient (Wildman–Crippen LogP) is 0.874. The zero-order chi connectivity index (χ0) is 17.0. The average Bonchev–Trinajstić information content (AvgIpc) is 2.45. The molecule has 1 aliphatic heterocycles. The Balaban J connectivity index is 1.97. The van der Waals surface area contributed by atoms with Gasteiger partial charge in [-0.25, -0.2) is 9.97 Å². The third-order valence-electron chi connectivity index (χ3n) is 3.57. The minimum Gasteiger partial charge on any atom is -0.369 e. The molecule has 0 spiro atoms. The number of anilines is 1. The van der Waals surface area contributed by atoms with Crippen LogP contribution < -0.4 is 4.90 Å². The molecule has 2 heterocycles. The molecule has 0 aromatic carbocycles. The smallest absolute Gasteiger partial charge is 0.248 e. The number of hydrogen-bond acceptors (Lipinski definition) is 6. The van der Waals surface area contributed by atoms with E-state index in [0.29, 0.717) is 25.6 Å². The Hall–Kier alpha value is -1.73. The van der Waals surface area contributed by atoms with E-state index in [9.17, 15) is 4.79 Å². The minimum absolute atomic E-state index is 0.0565. The molecule has 1 amide bonds. The molecule has 1 aliphatic rings. The molecule has 1 aromatic heterocycles. The molecule has 23 heavy (non-hydrogen) atoms. The average molecular weight is 322 g/mol. The summed E-state index contributed by atoms with van der Waals surface area (Å²) < 4.78 is 11.6. The topological polar surface area (TPSA) is 67.8 Å². The minimum atomic E-state index is -0.328. The highest BCUT2D eigenvalue weighted by molar-refractivity contribution is 5.76. The van der Waals surface area contributed by atoms with Crippen molar-refractivity contribution in [2.24, 2.45) is 0 Å². The van der Waals surface area contributed by atoms with Gasteiger partial charge in [-0.2, -0.15) is 0 Å². The first kappa shape index (κ1) is 17.6. The lowest BCUT2D eigenvalue weighted by molar-refractivity contribution is -0.139. The second-order valence-electron chi connectivity index (χ2n) is 6.68. The van der Waals surface area contributed by atoms with Gasteiger partial charge in [-0.1, -0.05) is 0 Å². The molecular formula is C16H26N4O3. The number of ether oxygens (including phenoxy) is 2. The standard InChI is InChI=1S/C16H26N4O3/c1-12-6-7-17-15(18-12)20-8-13(23-16(2,3)11-20)9-22-10-14(21)19(4)5/h6-7,13H,8-11H2,1-5H3. The summed E-state index contributed by atoms with van der Waals surface area (Å²) >= 11 is 0. The van der Waals surface area contributed by atoms with Crippen LogP contribution in [0.15, 0.2) is 12.3 Å². The van der Waals surface area contributed by atoms with Crippen LogP contribution in [-0.4, -0.2) is 72.9 Å². The van der Waals surface area contributed by atoms with Crippen LogP contribution in [0, 0.1) is 6.92 Å². The molecule has 1 fully saturated rings. The van der Waals surface area contributed by atoms with E-state index in [1.54, 1.807) is 20.3 Å². The summed E-state index contributed by atoms with van der Waals surface area (Å²) in [4.78, 5) is 24.0. The molecule has 0 radical (unpaired) electrons. The number of rotatable bonds is 5. The highest BCUT2D eigenvalue weighted by atomic mass is 16.6. The first-order valence-electron chi connectivity index (χ1n) is 7.77. The van der Waals surface area contributed by atoms with E-state index in [2.05, 4.69) is 14.9 Å². The number of carbonyl (C=O) groups excluding carboxylic acids is 1. The fourth-order valence-corrected chi connectivity index (χ4v) is 2.53. The van der Waals surface area contributed by atoms with Crippen LogP contribution in [0.4, 0.5) is 5.95 Å². The van der Waals surface area contributed by atoms with Gasteiger partial charge >= 0.3 is 0 Å². The Kier molecular flexibility index (Phi) is 5.54. The lowest BCUT2D eigenvalue weighted by Crippen LogP contribution is -2.54. The largest absolute Gasteiger partial charge is 0.369 e. The fourth-order valence-electron chi connectivity index (χ4n) is 2.53. The van der Waals surface area contributed by atoms with E-state index >= 15 is 0 Å². The van der Waals surface area contributed by atoms with E-state index in [1.165, 1.54) is 4.90 Å². The molecule has 2 rings (SSSR count). The second-order valence-corrected chi connectivity index (χ2v) is 6.68.